The number of unbranched alkanes of at least 4 members (excludes halogenated alkanes) is 1. The topological polar surface area (TPSA) is 105 Å². The molecule has 1 N–H and O–H groups in total. The van der Waals surface area contributed by atoms with E-state index >= 15 is 0 Å². The Labute approximate surface area is 252 Å². The maximum Gasteiger partial charge on any atom is 0.407 e. The van der Waals surface area contributed by atoms with Gasteiger partial charge in [-0.1, -0.05) is 48.5 Å². The first-order chi connectivity index (χ1) is 19.8. The summed E-state index contributed by atoms with van der Waals surface area (Å²) in [5.41, 5.74) is 1.26. The van der Waals surface area contributed by atoms with Gasteiger partial charge in [-0.25, -0.2) is 4.79 Å². The molecule has 2 aliphatic rings. The summed E-state index contributed by atoms with van der Waals surface area (Å²) in [6, 6.07) is 3.03. The van der Waals surface area contributed by atoms with Crippen molar-refractivity contribution < 1.29 is 29.0 Å². The monoisotopic (exact) mass is 590 g/mol. The van der Waals surface area contributed by atoms with Crippen LogP contribution in [-0.4, -0.2) is 107 Å². The second kappa shape index (κ2) is 14.7. The van der Waals surface area contributed by atoms with Crippen LogP contribution in [0.25, 0.3) is 0 Å². The highest BCUT2D eigenvalue weighted by atomic mass is 16.5. The first-order valence-electron chi connectivity index (χ1n) is 15.6. The lowest BCUT2D eigenvalue weighted by Gasteiger charge is -2.52. The SMILES string of the molecule is COCCCCn1c(C(=O)N(CC(C)C)[C@H]2C[C@@H](C(=O)N3CCOCC3)CN(C(=O)O)C2C(C)(C)C)ccc1C(C)C. The van der Waals surface area contributed by atoms with E-state index in [0.29, 0.717) is 58.1 Å². The largest absolute Gasteiger partial charge is 0.465 e. The number of hydrogen-bond acceptors (Lipinski definition) is 5. The number of carboxylic acid groups (broad SMARTS) is 1. The Bertz CT molecular complexity index is 1060. The summed E-state index contributed by atoms with van der Waals surface area (Å²) in [6.07, 6.45) is 1.14. The molecule has 0 aliphatic carbocycles. The number of piperidine rings is 1. The molecule has 1 aromatic heterocycles. The molecule has 3 atom stereocenters. The molecular weight excluding hydrogens is 536 g/mol. The lowest BCUT2D eigenvalue weighted by molar-refractivity contribution is -0.144. The van der Waals surface area contributed by atoms with E-state index in [0.717, 1.165) is 18.5 Å². The van der Waals surface area contributed by atoms with Crippen molar-refractivity contribution in [2.45, 2.75) is 92.3 Å². The molecule has 2 saturated heterocycles. The number of ether oxygens (including phenoxy) is 2. The zero-order chi connectivity index (χ0) is 31.2. The van der Waals surface area contributed by atoms with Crippen LogP contribution in [0.5, 0.6) is 0 Å². The van der Waals surface area contributed by atoms with Crippen molar-refractivity contribution in [3.63, 3.8) is 0 Å². The lowest BCUT2D eigenvalue weighted by atomic mass is 9.74. The Morgan fingerprint density at radius 2 is 1.76 bits per heavy atom. The highest BCUT2D eigenvalue weighted by Crippen LogP contribution is 2.38. The maximum absolute atomic E-state index is 14.7. The number of likely N-dealkylation sites (tertiary alicyclic amines) is 1. The third-order valence-corrected chi connectivity index (χ3v) is 8.48. The van der Waals surface area contributed by atoms with Crippen LogP contribution >= 0.6 is 0 Å². The van der Waals surface area contributed by atoms with Crippen LogP contribution in [0, 0.1) is 17.3 Å². The van der Waals surface area contributed by atoms with E-state index in [4.69, 9.17) is 9.47 Å². The van der Waals surface area contributed by atoms with Crippen LogP contribution in [0.15, 0.2) is 12.1 Å². The normalized spacial score (nSPS) is 21.7. The maximum atomic E-state index is 14.7. The number of methoxy groups -OCH3 is 1. The third kappa shape index (κ3) is 8.07. The van der Waals surface area contributed by atoms with Gasteiger partial charge >= 0.3 is 6.09 Å². The van der Waals surface area contributed by atoms with E-state index in [1.165, 1.54) is 4.90 Å². The molecule has 0 spiro atoms. The smallest absolute Gasteiger partial charge is 0.407 e. The summed E-state index contributed by atoms with van der Waals surface area (Å²) < 4.78 is 12.8. The van der Waals surface area contributed by atoms with Crippen molar-refractivity contribution in [2.24, 2.45) is 17.3 Å². The molecule has 0 bridgehead atoms. The van der Waals surface area contributed by atoms with E-state index in [2.05, 4.69) is 32.3 Å². The Kier molecular flexibility index (Phi) is 11.9. The van der Waals surface area contributed by atoms with Gasteiger partial charge in [0.25, 0.3) is 5.91 Å². The zero-order valence-corrected chi connectivity index (χ0v) is 27.1. The van der Waals surface area contributed by atoms with Gasteiger partial charge < -0.3 is 33.8 Å². The molecule has 238 valence electrons. The van der Waals surface area contributed by atoms with Crippen molar-refractivity contribution in [3.8, 4) is 0 Å². The van der Waals surface area contributed by atoms with Gasteiger partial charge in [-0.15, -0.1) is 0 Å². The summed E-state index contributed by atoms with van der Waals surface area (Å²) in [5.74, 6) is -0.299. The minimum Gasteiger partial charge on any atom is -0.465 e. The lowest BCUT2D eigenvalue weighted by Crippen LogP contribution is -2.66. The number of morpholine rings is 1. The highest BCUT2D eigenvalue weighted by molar-refractivity contribution is 5.93. The number of aromatic nitrogens is 1. The fourth-order valence-corrected chi connectivity index (χ4v) is 6.66. The molecule has 10 nitrogen and oxygen atoms in total. The molecule has 0 radical (unpaired) electrons. The highest BCUT2D eigenvalue weighted by Gasteiger charge is 2.50. The molecule has 2 fully saturated rings. The van der Waals surface area contributed by atoms with Gasteiger partial charge in [-0.2, -0.15) is 0 Å². The number of hydrogen-bond donors (Lipinski definition) is 1. The molecule has 1 unspecified atom stereocenters. The third-order valence-electron chi connectivity index (χ3n) is 8.48. The van der Waals surface area contributed by atoms with Gasteiger partial charge in [0.05, 0.1) is 31.2 Å². The summed E-state index contributed by atoms with van der Waals surface area (Å²) in [7, 11) is 1.70. The van der Waals surface area contributed by atoms with Gasteiger partial charge in [0, 0.05) is 52.1 Å². The van der Waals surface area contributed by atoms with Crippen molar-refractivity contribution in [2.75, 3.05) is 53.1 Å². The molecule has 0 aromatic carbocycles. The van der Waals surface area contributed by atoms with Crippen LogP contribution < -0.4 is 0 Å². The van der Waals surface area contributed by atoms with Crippen molar-refractivity contribution in [3.05, 3.63) is 23.5 Å². The van der Waals surface area contributed by atoms with Gasteiger partial charge in [0.1, 0.15) is 5.69 Å². The fourth-order valence-electron chi connectivity index (χ4n) is 6.66. The van der Waals surface area contributed by atoms with Crippen LogP contribution in [0.2, 0.25) is 0 Å². The Morgan fingerprint density at radius 1 is 1.10 bits per heavy atom. The molecule has 0 saturated carbocycles. The summed E-state index contributed by atoms with van der Waals surface area (Å²) in [4.78, 5) is 46.3. The first-order valence-corrected chi connectivity index (χ1v) is 15.6. The van der Waals surface area contributed by atoms with Crippen LogP contribution in [0.4, 0.5) is 4.79 Å². The van der Waals surface area contributed by atoms with E-state index in [9.17, 15) is 19.5 Å². The minimum absolute atomic E-state index is 0.0533. The Balaban J connectivity index is 2.07. The quantitative estimate of drug-likeness (QED) is 0.372. The predicted octanol–water partition coefficient (Wildman–Crippen LogP) is 4.78. The summed E-state index contributed by atoms with van der Waals surface area (Å²) >= 11 is 0. The summed E-state index contributed by atoms with van der Waals surface area (Å²) in [6.45, 7) is 18.4. The van der Waals surface area contributed by atoms with Gasteiger partial charge in [-0.05, 0) is 48.6 Å². The minimum atomic E-state index is -1.06. The fraction of sp³-hybridized carbons (Fsp3) is 0.781. The Morgan fingerprint density at radius 3 is 2.31 bits per heavy atom. The predicted molar refractivity (Wildman–Crippen MR) is 163 cm³/mol. The molecule has 3 amide bonds. The standard InChI is InChI=1S/C32H54N4O6/c1-22(2)20-35(30(38)26-12-11-25(23(3)4)34(26)13-9-10-16-41-8)27-19-24(29(37)33-14-17-42-18-15-33)21-36(31(39)40)28(27)32(5,6)7/h11-12,22-24,27-28H,9-10,13-21H2,1-8H3,(H,39,40)/t24-,27+,28?/m1/s1. The van der Waals surface area contributed by atoms with E-state index in [-0.39, 0.29) is 30.2 Å². The molecule has 1 aromatic rings. The molecule has 10 heteroatoms. The number of amides is 3. The molecular formula is C32H54N4O6. The molecule has 2 aliphatic heterocycles. The number of carbonyl (C=O) groups excluding carboxylic acids is 2. The molecule has 42 heavy (non-hydrogen) atoms. The number of nitrogens with zero attached hydrogens (tertiary/aromatic N) is 4. The number of rotatable bonds is 11. The van der Waals surface area contributed by atoms with Crippen molar-refractivity contribution >= 4 is 17.9 Å². The van der Waals surface area contributed by atoms with Crippen molar-refractivity contribution in [1.29, 1.82) is 0 Å². The van der Waals surface area contributed by atoms with E-state index < -0.39 is 29.5 Å². The number of carbonyl (C=O) groups is 3. The second-order valence-electron chi connectivity index (χ2n) is 13.7. The van der Waals surface area contributed by atoms with Gasteiger partial charge in [0.15, 0.2) is 0 Å². The molecule has 3 heterocycles. The average Bonchev–Trinajstić information content (AvgIpc) is 3.36. The average molecular weight is 591 g/mol. The van der Waals surface area contributed by atoms with Crippen molar-refractivity contribution in [1.82, 2.24) is 19.3 Å². The second-order valence-corrected chi connectivity index (χ2v) is 13.7. The van der Waals surface area contributed by atoms with E-state index in [1.54, 1.807) is 12.0 Å². The van der Waals surface area contributed by atoms with Crippen LogP contribution in [-0.2, 0) is 20.8 Å². The zero-order valence-electron chi connectivity index (χ0n) is 27.1. The Hall–Kier alpha value is -2.59. The van der Waals surface area contributed by atoms with Crippen LogP contribution in [0.3, 0.4) is 0 Å². The summed E-state index contributed by atoms with van der Waals surface area (Å²) in [5, 5.41) is 10.4. The van der Waals surface area contributed by atoms with Gasteiger partial charge in [0.2, 0.25) is 5.91 Å². The first kappa shape index (κ1) is 33.9. The van der Waals surface area contributed by atoms with Gasteiger partial charge in [-0.3, -0.25) is 9.59 Å². The van der Waals surface area contributed by atoms with E-state index in [1.807, 2.05) is 37.8 Å². The molecule has 3 rings (SSSR count). The van der Waals surface area contributed by atoms with Crippen LogP contribution in [0.1, 0.15) is 89.8 Å².